The van der Waals surface area contributed by atoms with Gasteiger partial charge in [0.2, 0.25) is 5.91 Å². The highest BCUT2D eigenvalue weighted by molar-refractivity contribution is 5.92. The number of benzene rings is 2. The Hall–Kier alpha value is -4.30. The number of aromatic nitrogens is 3. The Bertz CT molecular complexity index is 1390. The normalized spacial score (nSPS) is 12.0. The number of aryl methyl sites for hydroxylation is 2. The van der Waals surface area contributed by atoms with Gasteiger partial charge in [0.15, 0.2) is 0 Å². The van der Waals surface area contributed by atoms with Crippen molar-refractivity contribution in [3.05, 3.63) is 84.0 Å². The first-order valence-electron chi connectivity index (χ1n) is 11.6. The molecule has 2 heterocycles. The number of methoxy groups -OCH3 is 1. The Morgan fingerprint density at radius 2 is 1.92 bits per heavy atom. The van der Waals surface area contributed by atoms with Crippen LogP contribution in [0.25, 0.3) is 17.0 Å². The van der Waals surface area contributed by atoms with E-state index in [0.29, 0.717) is 18.1 Å². The van der Waals surface area contributed by atoms with Crippen LogP contribution in [-0.2, 0) is 9.53 Å². The lowest BCUT2D eigenvalue weighted by Crippen LogP contribution is -2.33. The van der Waals surface area contributed by atoms with Gasteiger partial charge in [0, 0.05) is 30.4 Å². The first-order chi connectivity index (χ1) is 17.4. The second-order valence-electron chi connectivity index (χ2n) is 8.37. The van der Waals surface area contributed by atoms with E-state index in [1.807, 2.05) is 74.5 Å². The molecule has 4 rings (SSSR count). The maximum absolute atomic E-state index is 11.8. The minimum absolute atomic E-state index is 0.150. The summed E-state index contributed by atoms with van der Waals surface area (Å²) in [7, 11) is 1.51. The molecular weight excluding hydrogens is 454 g/mol. The molecule has 1 unspecified atom stereocenters. The molecule has 8 heteroatoms. The monoisotopic (exact) mass is 483 g/mol. The molecule has 0 fully saturated rings. The maximum atomic E-state index is 11.8. The summed E-state index contributed by atoms with van der Waals surface area (Å²) in [5.74, 6) is 2.01. The predicted octanol–water partition coefficient (Wildman–Crippen LogP) is 5.34. The number of nitrogens with one attached hydrogen (secondary N) is 2. The van der Waals surface area contributed by atoms with Gasteiger partial charge in [0.1, 0.15) is 29.7 Å². The molecule has 0 saturated heterocycles. The second kappa shape index (κ2) is 11.4. The van der Waals surface area contributed by atoms with Crippen LogP contribution in [0.15, 0.2) is 67.1 Å². The molecule has 2 N–H and O–H groups in total. The number of ether oxygens (including phenoxy) is 2. The standard InChI is InChI=1S/C28H29N5O3/c1-18-14-22(9-12-26(18)36-23-10-7-19(2)30-16-23)33-27-24-15-21(8-11-25(24)31-17-32-27)6-5-13-29-28(34)20(3)35-4/h5-12,14-17,20H,13H2,1-4H3,(H,29,34)(H,31,32,33). The van der Waals surface area contributed by atoms with Crippen molar-refractivity contribution in [1.82, 2.24) is 20.3 Å². The van der Waals surface area contributed by atoms with Gasteiger partial charge in [-0.3, -0.25) is 9.78 Å². The van der Waals surface area contributed by atoms with E-state index < -0.39 is 6.10 Å². The van der Waals surface area contributed by atoms with Crippen molar-refractivity contribution < 1.29 is 14.3 Å². The Morgan fingerprint density at radius 1 is 1.06 bits per heavy atom. The van der Waals surface area contributed by atoms with Crippen LogP contribution in [0.3, 0.4) is 0 Å². The van der Waals surface area contributed by atoms with Gasteiger partial charge >= 0.3 is 0 Å². The van der Waals surface area contributed by atoms with Crippen molar-refractivity contribution in [3.63, 3.8) is 0 Å². The summed E-state index contributed by atoms with van der Waals surface area (Å²) < 4.78 is 11.0. The van der Waals surface area contributed by atoms with E-state index in [0.717, 1.165) is 39.2 Å². The molecule has 0 spiro atoms. The van der Waals surface area contributed by atoms with Crippen LogP contribution in [0.2, 0.25) is 0 Å². The lowest BCUT2D eigenvalue weighted by Gasteiger charge is -2.12. The largest absolute Gasteiger partial charge is 0.455 e. The van der Waals surface area contributed by atoms with Crippen LogP contribution in [0, 0.1) is 13.8 Å². The summed E-state index contributed by atoms with van der Waals surface area (Å²) in [5, 5.41) is 7.10. The molecule has 0 aliphatic rings. The SMILES string of the molecule is COC(C)C(=O)NCC=Cc1ccc2ncnc(Nc3ccc(Oc4ccc(C)nc4)c(C)c3)c2c1. The van der Waals surface area contributed by atoms with Crippen molar-refractivity contribution >= 4 is 34.4 Å². The molecule has 1 amide bonds. The van der Waals surface area contributed by atoms with E-state index in [9.17, 15) is 4.79 Å². The molecule has 0 radical (unpaired) electrons. The van der Waals surface area contributed by atoms with Gasteiger partial charge in [-0.1, -0.05) is 18.2 Å². The molecule has 2 aromatic carbocycles. The molecule has 0 aliphatic heterocycles. The quantitative estimate of drug-likeness (QED) is 0.331. The Labute approximate surface area is 210 Å². The number of fused-ring (bicyclic) bond motifs is 1. The highest BCUT2D eigenvalue weighted by Crippen LogP contribution is 2.30. The summed E-state index contributed by atoms with van der Waals surface area (Å²) in [5.41, 5.74) is 4.61. The van der Waals surface area contributed by atoms with E-state index in [-0.39, 0.29) is 5.91 Å². The van der Waals surface area contributed by atoms with E-state index in [1.165, 1.54) is 7.11 Å². The summed E-state index contributed by atoms with van der Waals surface area (Å²) in [4.78, 5) is 24.9. The fourth-order valence-electron chi connectivity index (χ4n) is 3.50. The summed E-state index contributed by atoms with van der Waals surface area (Å²) in [6, 6.07) is 15.7. The van der Waals surface area contributed by atoms with Crippen LogP contribution in [0.4, 0.5) is 11.5 Å². The lowest BCUT2D eigenvalue weighted by molar-refractivity contribution is -0.129. The number of hydrogen-bond donors (Lipinski definition) is 2. The summed E-state index contributed by atoms with van der Waals surface area (Å²) in [6.45, 7) is 6.05. The molecule has 0 aliphatic carbocycles. The Morgan fingerprint density at radius 3 is 2.67 bits per heavy atom. The number of carbonyl (C=O) groups excluding carboxylic acids is 1. The highest BCUT2D eigenvalue weighted by atomic mass is 16.5. The Balaban J connectivity index is 1.48. The van der Waals surface area contributed by atoms with Crippen molar-refractivity contribution in [1.29, 1.82) is 0 Å². The van der Waals surface area contributed by atoms with Gasteiger partial charge in [0.05, 0.1) is 11.7 Å². The molecule has 184 valence electrons. The zero-order valence-corrected chi connectivity index (χ0v) is 20.8. The molecule has 4 aromatic rings. The smallest absolute Gasteiger partial charge is 0.249 e. The van der Waals surface area contributed by atoms with Crippen molar-refractivity contribution in [2.45, 2.75) is 26.9 Å². The van der Waals surface area contributed by atoms with Crippen molar-refractivity contribution in [2.24, 2.45) is 0 Å². The highest BCUT2D eigenvalue weighted by Gasteiger charge is 2.10. The third-order valence-electron chi connectivity index (χ3n) is 5.64. The third-order valence-corrected chi connectivity index (χ3v) is 5.64. The van der Waals surface area contributed by atoms with Crippen LogP contribution in [-0.4, -0.2) is 40.6 Å². The minimum atomic E-state index is -0.478. The lowest BCUT2D eigenvalue weighted by atomic mass is 10.1. The first-order valence-corrected chi connectivity index (χ1v) is 11.6. The third kappa shape index (κ3) is 6.22. The predicted molar refractivity (Wildman–Crippen MR) is 142 cm³/mol. The van der Waals surface area contributed by atoms with Crippen LogP contribution < -0.4 is 15.4 Å². The number of carbonyl (C=O) groups is 1. The maximum Gasteiger partial charge on any atom is 0.249 e. The zero-order chi connectivity index (χ0) is 25.5. The number of pyridine rings is 1. The molecule has 2 aromatic heterocycles. The number of amides is 1. The summed E-state index contributed by atoms with van der Waals surface area (Å²) >= 11 is 0. The molecule has 8 nitrogen and oxygen atoms in total. The van der Waals surface area contributed by atoms with Gasteiger partial charge in [0.25, 0.3) is 0 Å². The van der Waals surface area contributed by atoms with Crippen molar-refractivity contribution in [3.8, 4) is 11.5 Å². The van der Waals surface area contributed by atoms with Crippen LogP contribution in [0.5, 0.6) is 11.5 Å². The molecule has 1 atom stereocenters. The van der Waals surface area contributed by atoms with E-state index in [4.69, 9.17) is 9.47 Å². The van der Waals surface area contributed by atoms with Gasteiger partial charge in [-0.05, 0) is 74.4 Å². The fraction of sp³-hybridized carbons (Fsp3) is 0.214. The van der Waals surface area contributed by atoms with E-state index in [1.54, 1.807) is 19.4 Å². The molecule has 0 bridgehead atoms. The van der Waals surface area contributed by atoms with Crippen LogP contribution in [0.1, 0.15) is 23.7 Å². The average Bonchev–Trinajstić information content (AvgIpc) is 2.89. The average molecular weight is 484 g/mol. The number of nitrogens with zero attached hydrogens (tertiary/aromatic N) is 3. The zero-order valence-electron chi connectivity index (χ0n) is 20.8. The minimum Gasteiger partial charge on any atom is -0.455 e. The van der Waals surface area contributed by atoms with Gasteiger partial charge in [-0.2, -0.15) is 0 Å². The Kier molecular flexibility index (Phi) is 7.87. The van der Waals surface area contributed by atoms with E-state index >= 15 is 0 Å². The molecule has 0 saturated carbocycles. The van der Waals surface area contributed by atoms with Crippen molar-refractivity contribution in [2.75, 3.05) is 19.0 Å². The van der Waals surface area contributed by atoms with Gasteiger partial charge < -0.3 is 20.1 Å². The number of anilines is 2. The van der Waals surface area contributed by atoms with E-state index in [2.05, 4.69) is 25.6 Å². The van der Waals surface area contributed by atoms with Gasteiger partial charge in [-0.15, -0.1) is 0 Å². The van der Waals surface area contributed by atoms with Crippen LogP contribution >= 0.6 is 0 Å². The molecule has 36 heavy (non-hydrogen) atoms. The first kappa shape index (κ1) is 24.8. The fourth-order valence-corrected chi connectivity index (χ4v) is 3.50. The summed E-state index contributed by atoms with van der Waals surface area (Å²) in [6.07, 6.45) is 6.62. The van der Waals surface area contributed by atoms with Gasteiger partial charge in [-0.25, -0.2) is 9.97 Å². The second-order valence-corrected chi connectivity index (χ2v) is 8.37. The molecular formula is C28H29N5O3. The number of rotatable bonds is 9. The topological polar surface area (TPSA) is 98.3 Å². The number of hydrogen-bond acceptors (Lipinski definition) is 7.